The zero-order valence-electron chi connectivity index (χ0n) is 22.7. The van der Waals surface area contributed by atoms with Gasteiger partial charge in [-0.1, -0.05) is 25.5 Å². The standard InChI is InChI=1S/C29H38FN3O6/c1-17-13-21-20-6-5-18-14-19(35)9-10-26(18,2)28(20,30)23(36)15-27(21,3)29(17,39)22(16-34)32-31-11-4-12-33-24(37)7-8-25(33)38/h7-10,14,17,20-21,23,31,34,36,39H,4-6,11-13,15-16H2,1-3H3/b32-22+/t17-,20+,21+,23+,26+,27+,28+,29+/m1/s1. The third-order valence-corrected chi connectivity index (χ3v) is 10.6. The van der Waals surface area contributed by atoms with E-state index in [4.69, 9.17) is 0 Å². The number of alkyl halides is 1. The molecule has 212 valence electrons. The molecular formula is C29H38FN3O6. The average molecular weight is 544 g/mol. The summed E-state index contributed by atoms with van der Waals surface area (Å²) in [6, 6.07) is 0. The lowest BCUT2D eigenvalue weighted by molar-refractivity contribution is -0.209. The maximum Gasteiger partial charge on any atom is 0.253 e. The van der Waals surface area contributed by atoms with Crippen LogP contribution < -0.4 is 5.43 Å². The molecule has 0 unspecified atom stereocenters. The molecule has 5 aliphatic rings. The minimum absolute atomic E-state index is 0.0264. The van der Waals surface area contributed by atoms with Crippen LogP contribution in [0.5, 0.6) is 0 Å². The van der Waals surface area contributed by atoms with E-state index >= 15 is 4.39 Å². The van der Waals surface area contributed by atoms with Gasteiger partial charge in [0.05, 0.1) is 18.4 Å². The van der Waals surface area contributed by atoms with E-state index in [1.54, 1.807) is 13.0 Å². The van der Waals surface area contributed by atoms with Gasteiger partial charge < -0.3 is 20.7 Å². The van der Waals surface area contributed by atoms with Gasteiger partial charge in [0.25, 0.3) is 11.8 Å². The molecule has 39 heavy (non-hydrogen) atoms. The predicted octanol–water partition coefficient (Wildman–Crippen LogP) is 1.59. The number of rotatable bonds is 7. The van der Waals surface area contributed by atoms with Crippen LogP contribution in [0.15, 0.2) is 41.1 Å². The Morgan fingerprint density at radius 2 is 1.87 bits per heavy atom. The number of aliphatic hydroxyl groups is 3. The second-order valence-corrected chi connectivity index (χ2v) is 12.3. The quantitative estimate of drug-likeness (QED) is 0.166. The number of nitrogens with one attached hydrogen (secondary N) is 1. The molecule has 0 saturated heterocycles. The molecule has 0 aromatic heterocycles. The topological polar surface area (TPSA) is 140 Å². The second-order valence-electron chi connectivity index (χ2n) is 12.3. The first-order valence-electron chi connectivity index (χ1n) is 13.8. The van der Waals surface area contributed by atoms with Crippen LogP contribution in [0.1, 0.15) is 52.9 Å². The molecule has 0 aromatic carbocycles. The van der Waals surface area contributed by atoms with Crippen molar-refractivity contribution < 1.29 is 34.1 Å². The number of nitrogens with zero attached hydrogens (tertiary/aromatic N) is 2. The molecule has 1 heterocycles. The fraction of sp³-hybridized carbons (Fsp3) is 0.655. The summed E-state index contributed by atoms with van der Waals surface area (Å²) in [6.07, 6.45) is 7.43. The molecular weight excluding hydrogens is 505 g/mol. The van der Waals surface area contributed by atoms with E-state index in [2.05, 4.69) is 10.5 Å². The maximum absolute atomic E-state index is 17.3. The summed E-state index contributed by atoms with van der Waals surface area (Å²) in [5.41, 5.74) is -1.98. The van der Waals surface area contributed by atoms with E-state index in [9.17, 15) is 29.7 Å². The normalized spacial score (nSPS) is 43.4. The van der Waals surface area contributed by atoms with Crippen molar-refractivity contribution in [3.63, 3.8) is 0 Å². The van der Waals surface area contributed by atoms with Crippen molar-refractivity contribution in [1.29, 1.82) is 0 Å². The number of hydrogen-bond acceptors (Lipinski definition) is 8. The van der Waals surface area contributed by atoms with Gasteiger partial charge in [-0.2, -0.15) is 5.10 Å². The first-order chi connectivity index (χ1) is 18.3. The van der Waals surface area contributed by atoms with Crippen LogP contribution in [0, 0.1) is 28.6 Å². The number of allylic oxidation sites excluding steroid dienone is 4. The number of carbonyl (C=O) groups is 3. The molecule has 0 bridgehead atoms. The Hall–Kier alpha value is -2.69. The highest BCUT2D eigenvalue weighted by Gasteiger charge is 2.75. The average Bonchev–Trinajstić information content (AvgIpc) is 3.31. The van der Waals surface area contributed by atoms with Gasteiger partial charge in [0.15, 0.2) is 11.5 Å². The van der Waals surface area contributed by atoms with Gasteiger partial charge in [0.2, 0.25) is 0 Å². The van der Waals surface area contributed by atoms with Crippen molar-refractivity contribution in [2.75, 3.05) is 19.7 Å². The fourth-order valence-electron chi connectivity index (χ4n) is 8.52. The van der Waals surface area contributed by atoms with E-state index in [1.165, 1.54) is 24.3 Å². The fourth-order valence-corrected chi connectivity index (χ4v) is 8.52. The summed E-state index contributed by atoms with van der Waals surface area (Å²) in [7, 11) is 0. The molecule has 10 heteroatoms. The van der Waals surface area contributed by atoms with Crippen molar-refractivity contribution >= 4 is 23.3 Å². The van der Waals surface area contributed by atoms with Crippen molar-refractivity contribution in [3.05, 3.63) is 36.0 Å². The molecule has 0 aromatic rings. The highest BCUT2D eigenvalue weighted by molar-refractivity contribution is 6.12. The van der Waals surface area contributed by atoms with Crippen LogP contribution in [-0.2, 0) is 14.4 Å². The molecule has 2 amide bonds. The molecule has 0 spiro atoms. The van der Waals surface area contributed by atoms with E-state index in [1.807, 2.05) is 13.8 Å². The van der Waals surface area contributed by atoms with Gasteiger partial charge >= 0.3 is 0 Å². The summed E-state index contributed by atoms with van der Waals surface area (Å²) in [6.45, 7) is 5.47. The molecule has 5 rings (SSSR count). The van der Waals surface area contributed by atoms with Gasteiger partial charge in [-0.15, -0.1) is 0 Å². The minimum Gasteiger partial charge on any atom is -0.390 e. The van der Waals surface area contributed by atoms with Crippen LogP contribution in [0.4, 0.5) is 4.39 Å². The monoisotopic (exact) mass is 543 g/mol. The van der Waals surface area contributed by atoms with E-state index in [-0.39, 0.29) is 48.1 Å². The van der Waals surface area contributed by atoms with Gasteiger partial charge in [-0.05, 0) is 63.0 Å². The third-order valence-electron chi connectivity index (χ3n) is 10.6. The number of hydrazone groups is 1. The molecule has 1 aliphatic heterocycles. The van der Waals surface area contributed by atoms with Crippen LogP contribution in [0.2, 0.25) is 0 Å². The first-order valence-corrected chi connectivity index (χ1v) is 13.8. The molecule has 0 radical (unpaired) electrons. The largest absolute Gasteiger partial charge is 0.390 e. The van der Waals surface area contributed by atoms with Gasteiger partial charge in [-0.25, -0.2) is 4.39 Å². The lowest BCUT2D eigenvalue weighted by Gasteiger charge is -2.62. The van der Waals surface area contributed by atoms with E-state index < -0.39 is 40.7 Å². The maximum atomic E-state index is 17.3. The number of imide groups is 1. The van der Waals surface area contributed by atoms with Crippen molar-refractivity contribution in [2.24, 2.45) is 33.7 Å². The summed E-state index contributed by atoms with van der Waals surface area (Å²) in [4.78, 5) is 36.6. The Balaban J connectivity index is 1.38. The molecule has 3 fully saturated rings. The SMILES string of the molecule is C[C@@H]1C[C@H]2[C@@H]3CCC4=CC(=O)C=C[C@]4(C)[C@@]3(F)[C@@H](O)C[C@]2(C)[C@@]1(O)/C(CO)=N/NCCCN1C(=O)C=CC1=O. The Labute approximate surface area is 227 Å². The summed E-state index contributed by atoms with van der Waals surface area (Å²) in [5, 5.41) is 38.4. The smallest absolute Gasteiger partial charge is 0.253 e. The van der Waals surface area contributed by atoms with Crippen LogP contribution in [0.25, 0.3) is 0 Å². The Bertz CT molecular complexity index is 1200. The Morgan fingerprint density at radius 1 is 1.18 bits per heavy atom. The number of amides is 2. The zero-order chi connectivity index (χ0) is 28.4. The second kappa shape index (κ2) is 9.45. The first kappa shape index (κ1) is 27.9. The molecule has 4 aliphatic carbocycles. The number of fused-ring (bicyclic) bond motifs is 5. The highest BCUT2D eigenvalue weighted by atomic mass is 19.1. The van der Waals surface area contributed by atoms with Gasteiger partial charge in [0, 0.05) is 42.0 Å². The number of ketones is 1. The Morgan fingerprint density at radius 3 is 2.54 bits per heavy atom. The molecule has 8 atom stereocenters. The van der Waals surface area contributed by atoms with Crippen molar-refractivity contribution in [2.45, 2.75) is 70.2 Å². The van der Waals surface area contributed by atoms with Crippen LogP contribution in [-0.4, -0.2) is 80.6 Å². The van der Waals surface area contributed by atoms with Gasteiger partial charge in [-0.3, -0.25) is 19.3 Å². The van der Waals surface area contributed by atoms with Crippen LogP contribution in [0.3, 0.4) is 0 Å². The van der Waals surface area contributed by atoms with Crippen molar-refractivity contribution in [3.8, 4) is 0 Å². The summed E-state index contributed by atoms with van der Waals surface area (Å²) < 4.78 is 17.3. The number of halogens is 1. The summed E-state index contributed by atoms with van der Waals surface area (Å²) in [5.74, 6) is -2.10. The summed E-state index contributed by atoms with van der Waals surface area (Å²) >= 11 is 0. The third kappa shape index (κ3) is 3.74. The lowest BCUT2D eigenvalue weighted by atomic mass is 9.44. The van der Waals surface area contributed by atoms with Crippen molar-refractivity contribution in [1.82, 2.24) is 10.3 Å². The van der Waals surface area contributed by atoms with Gasteiger partial charge in [0.1, 0.15) is 5.60 Å². The Kier molecular flexibility index (Phi) is 6.75. The zero-order valence-corrected chi connectivity index (χ0v) is 22.7. The lowest BCUT2D eigenvalue weighted by Crippen LogP contribution is -2.69. The molecule has 4 N–H and O–H groups in total. The van der Waals surface area contributed by atoms with Crippen LogP contribution >= 0.6 is 0 Å². The number of aliphatic hydroxyl groups excluding tert-OH is 2. The van der Waals surface area contributed by atoms with E-state index in [0.717, 1.165) is 4.90 Å². The highest BCUT2D eigenvalue weighted by Crippen LogP contribution is 2.70. The number of carbonyl (C=O) groups excluding carboxylic acids is 3. The van der Waals surface area contributed by atoms with E-state index in [0.29, 0.717) is 37.8 Å². The minimum atomic E-state index is -2.00. The molecule has 3 saturated carbocycles. The number of hydrogen-bond donors (Lipinski definition) is 4. The molecule has 9 nitrogen and oxygen atoms in total. The predicted molar refractivity (Wildman–Crippen MR) is 141 cm³/mol.